The van der Waals surface area contributed by atoms with Gasteiger partial charge in [-0.2, -0.15) is 0 Å². The van der Waals surface area contributed by atoms with Gasteiger partial charge in [-0.05, 0) is 50.2 Å². The van der Waals surface area contributed by atoms with Crippen LogP contribution in [0.4, 0.5) is 15.2 Å². The van der Waals surface area contributed by atoms with Gasteiger partial charge in [0.25, 0.3) is 10.0 Å². The first kappa shape index (κ1) is 24.3. The summed E-state index contributed by atoms with van der Waals surface area (Å²) in [6.07, 6.45) is 3.30. The summed E-state index contributed by atoms with van der Waals surface area (Å²) in [7, 11) is -3.71. The topological polar surface area (TPSA) is 87.5 Å². The van der Waals surface area contributed by atoms with Crippen LogP contribution in [0.15, 0.2) is 71.2 Å². The van der Waals surface area contributed by atoms with Crippen molar-refractivity contribution in [1.29, 1.82) is 0 Å². The summed E-state index contributed by atoms with van der Waals surface area (Å²) >= 11 is 1.21. The molecule has 0 aliphatic carbocycles. The van der Waals surface area contributed by atoms with Gasteiger partial charge in [-0.3, -0.25) is 9.52 Å². The lowest BCUT2D eigenvalue weighted by Crippen LogP contribution is -2.55. The average molecular weight is 530 g/mol. The smallest absolute Gasteiger partial charge is 0.263 e. The lowest BCUT2D eigenvalue weighted by Gasteiger charge is -2.42. The van der Waals surface area contributed by atoms with Crippen molar-refractivity contribution < 1.29 is 19.0 Å². The summed E-state index contributed by atoms with van der Waals surface area (Å²) < 4.78 is 43.8. The van der Waals surface area contributed by atoms with Gasteiger partial charge in [-0.1, -0.05) is 12.1 Å². The maximum atomic E-state index is 14.5. The van der Waals surface area contributed by atoms with E-state index in [9.17, 15) is 17.6 Å². The van der Waals surface area contributed by atoms with E-state index in [1.807, 2.05) is 24.0 Å². The summed E-state index contributed by atoms with van der Waals surface area (Å²) in [6.45, 7) is 5.50. The number of nitrogens with zero attached hydrogens (tertiary/aromatic N) is 4. The number of rotatable bonds is 6. The van der Waals surface area contributed by atoms with Gasteiger partial charge in [0.1, 0.15) is 11.9 Å². The van der Waals surface area contributed by atoms with Crippen LogP contribution < -0.4 is 9.62 Å². The van der Waals surface area contributed by atoms with Crippen molar-refractivity contribution in [2.24, 2.45) is 0 Å². The number of sulfonamides is 1. The number of thiazole rings is 1. The van der Waals surface area contributed by atoms with Crippen molar-refractivity contribution in [2.75, 3.05) is 29.3 Å². The number of benzene rings is 2. The van der Waals surface area contributed by atoms with Crippen LogP contribution in [0.2, 0.25) is 0 Å². The highest BCUT2D eigenvalue weighted by Crippen LogP contribution is 2.27. The van der Waals surface area contributed by atoms with Crippen LogP contribution in [-0.2, 0) is 14.8 Å². The summed E-state index contributed by atoms with van der Waals surface area (Å²) in [5.41, 5.74) is 1.32. The maximum Gasteiger partial charge on any atom is 0.263 e. The number of hydrogen-bond acceptors (Lipinski definition) is 6. The van der Waals surface area contributed by atoms with Gasteiger partial charge >= 0.3 is 0 Å². The van der Waals surface area contributed by atoms with E-state index in [-0.39, 0.29) is 24.1 Å². The summed E-state index contributed by atoms with van der Waals surface area (Å²) in [6, 6.07) is 12.8. The molecule has 36 heavy (non-hydrogen) atoms. The number of halogens is 1. The molecule has 1 aliphatic rings. The van der Waals surface area contributed by atoms with Gasteiger partial charge in [-0.15, -0.1) is 11.3 Å². The molecule has 0 spiro atoms. The number of piperazine rings is 1. The molecule has 2 atom stereocenters. The Morgan fingerprint density at radius 3 is 2.67 bits per heavy atom. The van der Waals surface area contributed by atoms with E-state index < -0.39 is 16.1 Å². The van der Waals surface area contributed by atoms with Gasteiger partial charge in [0.15, 0.2) is 5.13 Å². The summed E-state index contributed by atoms with van der Waals surface area (Å²) in [5.74, 6) is -0.403. The van der Waals surface area contributed by atoms with Crippen molar-refractivity contribution in [2.45, 2.75) is 30.8 Å². The van der Waals surface area contributed by atoms with Crippen LogP contribution in [0.1, 0.15) is 21.3 Å². The second kappa shape index (κ2) is 9.55. The summed E-state index contributed by atoms with van der Waals surface area (Å²) in [5, 5.41) is 2.78. The minimum absolute atomic E-state index is 0. The summed E-state index contributed by atoms with van der Waals surface area (Å²) in [4.78, 5) is 21.5. The zero-order valence-corrected chi connectivity index (χ0v) is 21.5. The Bertz CT molecular complexity index is 1490. The molecule has 0 bridgehead atoms. The molecule has 2 aromatic heterocycles. The number of hydrogen-bond donors (Lipinski definition) is 1. The molecule has 1 N–H and O–H groups in total. The molecule has 0 radical (unpaired) electrons. The molecule has 190 valence electrons. The number of amides is 1. The van der Waals surface area contributed by atoms with Crippen LogP contribution in [0.3, 0.4) is 0 Å². The minimum Gasteiger partial charge on any atom is -0.368 e. The van der Waals surface area contributed by atoms with Crippen LogP contribution >= 0.6 is 11.3 Å². The highest BCUT2D eigenvalue weighted by molar-refractivity contribution is 7.93. The molecular weight excluding hydrogens is 501 g/mol. The van der Waals surface area contributed by atoms with Gasteiger partial charge in [0, 0.05) is 56.0 Å². The van der Waals surface area contributed by atoms with E-state index in [2.05, 4.69) is 14.6 Å². The molecule has 0 saturated carbocycles. The molecule has 8 nitrogen and oxygen atoms in total. The Balaban J connectivity index is 0.00000320. The number of fused-ring (bicyclic) bond motifs is 1. The molecule has 3 heterocycles. The third-order valence-corrected chi connectivity index (χ3v) is 8.71. The second-order valence-electron chi connectivity index (χ2n) is 8.84. The fourth-order valence-electron chi connectivity index (χ4n) is 4.66. The van der Waals surface area contributed by atoms with Gasteiger partial charge in [0.2, 0.25) is 5.91 Å². The lowest BCUT2D eigenvalue weighted by molar-refractivity contribution is -0.136. The van der Waals surface area contributed by atoms with Crippen molar-refractivity contribution in [3.63, 3.8) is 0 Å². The SMILES string of the molecule is CC1CN(c2ccc(S(=O)(=O)Nc3nccs3)cc2)CCN1C(=O)C(C)n1ccc2cccc(F)c21.[HH]. The first-order valence-corrected chi connectivity index (χ1v) is 13.9. The van der Waals surface area contributed by atoms with E-state index in [0.717, 1.165) is 11.1 Å². The zero-order chi connectivity index (χ0) is 25.4. The molecular formula is C25H28FN5O3S2. The maximum absolute atomic E-state index is 14.5. The third-order valence-electron chi connectivity index (χ3n) is 6.54. The predicted molar refractivity (Wildman–Crippen MR) is 141 cm³/mol. The van der Waals surface area contributed by atoms with E-state index in [1.165, 1.54) is 23.6 Å². The van der Waals surface area contributed by atoms with Crippen LogP contribution in [0, 0.1) is 5.82 Å². The van der Waals surface area contributed by atoms with E-state index >= 15 is 0 Å². The number of carbonyl (C=O) groups is 1. The quantitative estimate of drug-likeness (QED) is 0.395. The number of nitrogens with one attached hydrogen (secondary N) is 1. The number of carbonyl (C=O) groups excluding carboxylic acids is 1. The molecule has 1 amide bonds. The molecule has 2 unspecified atom stereocenters. The van der Waals surface area contributed by atoms with Crippen LogP contribution in [0.25, 0.3) is 10.9 Å². The highest BCUT2D eigenvalue weighted by atomic mass is 32.2. The number of anilines is 2. The number of para-hydroxylation sites is 1. The molecule has 2 aromatic carbocycles. The highest BCUT2D eigenvalue weighted by Gasteiger charge is 2.31. The Morgan fingerprint density at radius 1 is 1.19 bits per heavy atom. The van der Waals surface area contributed by atoms with E-state index in [0.29, 0.717) is 30.3 Å². The normalized spacial score (nSPS) is 17.4. The van der Waals surface area contributed by atoms with Crippen LogP contribution in [0.5, 0.6) is 0 Å². The standard InChI is InChI=1S/C25H26FN5O3S2.H2/c1-17-16-29(20-6-8-21(9-7-20)36(33,34)28-25-27-11-15-35-25)13-14-30(17)24(32)18(2)31-12-10-19-4-3-5-22(26)23(19)31;/h3-12,15,17-18H,13-14,16H2,1-2H3,(H,27,28);1H. The molecule has 1 fully saturated rings. The first-order chi connectivity index (χ1) is 17.2. The monoisotopic (exact) mass is 529 g/mol. The van der Waals surface area contributed by atoms with Gasteiger partial charge < -0.3 is 14.4 Å². The Hall–Kier alpha value is -3.44. The Morgan fingerprint density at radius 2 is 1.97 bits per heavy atom. The van der Waals surface area contributed by atoms with Crippen molar-refractivity contribution >= 4 is 49.0 Å². The molecule has 4 aromatic rings. The van der Waals surface area contributed by atoms with Gasteiger partial charge in [-0.25, -0.2) is 17.8 Å². The van der Waals surface area contributed by atoms with Crippen molar-refractivity contribution in [1.82, 2.24) is 14.5 Å². The molecule has 5 rings (SSSR count). The van der Waals surface area contributed by atoms with Gasteiger partial charge in [0.05, 0.1) is 10.4 Å². The Kier molecular flexibility index (Phi) is 6.44. The zero-order valence-electron chi connectivity index (χ0n) is 19.8. The van der Waals surface area contributed by atoms with E-state index in [1.54, 1.807) is 53.4 Å². The lowest BCUT2D eigenvalue weighted by atomic mass is 10.1. The number of aromatic nitrogens is 2. The molecule has 1 aliphatic heterocycles. The fraction of sp³-hybridized carbons (Fsp3) is 0.280. The first-order valence-electron chi connectivity index (χ1n) is 11.6. The Labute approximate surface area is 214 Å². The van der Waals surface area contributed by atoms with Crippen molar-refractivity contribution in [3.05, 3.63) is 72.1 Å². The largest absolute Gasteiger partial charge is 0.368 e. The fourth-order valence-corrected chi connectivity index (χ4v) is 6.45. The minimum atomic E-state index is -3.71. The third kappa shape index (κ3) is 4.56. The van der Waals surface area contributed by atoms with E-state index in [4.69, 9.17) is 0 Å². The predicted octanol–water partition coefficient (Wildman–Crippen LogP) is 4.58. The molecule has 11 heteroatoms. The molecule has 1 saturated heterocycles. The van der Waals surface area contributed by atoms with Crippen molar-refractivity contribution in [3.8, 4) is 0 Å². The average Bonchev–Trinajstić information content (AvgIpc) is 3.53. The second-order valence-corrected chi connectivity index (χ2v) is 11.4. The van der Waals surface area contributed by atoms with Crippen LogP contribution in [-0.4, -0.2) is 54.5 Å².